The van der Waals surface area contributed by atoms with Gasteiger partial charge in [-0.05, 0) is 19.8 Å². The predicted molar refractivity (Wildman–Crippen MR) is 59.5 cm³/mol. The van der Waals surface area contributed by atoms with Gasteiger partial charge in [0, 0.05) is 12.2 Å². The van der Waals surface area contributed by atoms with Crippen molar-refractivity contribution in [3.63, 3.8) is 0 Å². The minimum absolute atomic E-state index is 0.0172. The number of carbonyl (C=O) groups is 1. The Kier molecular flexibility index (Phi) is 3.16. The Hall–Kier alpha value is -1.41. The van der Waals surface area contributed by atoms with Crippen LogP contribution in [-0.2, 0) is 14.8 Å². The Morgan fingerprint density at radius 2 is 2.29 bits per heavy atom. The first kappa shape index (κ1) is 12.1. The molecule has 1 atom stereocenters. The van der Waals surface area contributed by atoms with Gasteiger partial charge >= 0.3 is 0 Å². The minimum Gasteiger partial charge on any atom is -0.352 e. The highest BCUT2D eigenvalue weighted by Gasteiger charge is 2.28. The van der Waals surface area contributed by atoms with E-state index in [9.17, 15) is 13.2 Å². The molecule has 0 radical (unpaired) electrons. The highest BCUT2D eigenvalue weighted by atomic mass is 32.2. The number of sulfonamides is 1. The molecule has 1 unspecified atom stereocenters. The van der Waals surface area contributed by atoms with Gasteiger partial charge in [0.15, 0.2) is 0 Å². The fraction of sp³-hybridized carbons (Fsp3) is 0.556. The number of nitrogens with zero attached hydrogens (tertiary/aromatic N) is 1. The number of aromatic amines is 1. The third kappa shape index (κ3) is 3.04. The number of hydrogen-bond acceptors (Lipinski definition) is 4. The molecule has 1 amide bonds. The first-order chi connectivity index (χ1) is 7.99. The summed E-state index contributed by atoms with van der Waals surface area (Å²) < 4.78 is 25.8. The van der Waals surface area contributed by atoms with E-state index in [1.807, 2.05) is 0 Å². The molecule has 1 aliphatic rings. The number of H-pyrrole nitrogens is 1. The van der Waals surface area contributed by atoms with Crippen molar-refractivity contribution in [1.82, 2.24) is 20.2 Å². The van der Waals surface area contributed by atoms with E-state index in [0.717, 1.165) is 12.8 Å². The van der Waals surface area contributed by atoms with Crippen LogP contribution in [0, 0.1) is 0 Å². The van der Waals surface area contributed by atoms with Crippen molar-refractivity contribution in [2.75, 3.05) is 0 Å². The average Bonchev–Trinajstić information content (AvgIpc) is 2.88. The highest BCUT2D eigenvalue weighted by molar-refractivity contribution is 7.89. The summed E-state index contributed by atoms with van der Waals surface area (Å²) in [6.07, 6.45) is 4.38. The van der Waals surface area contributed by atoms with E-state index in [1.54, 1.807) is 0 Å². The number of nitrogens with one attached hydrogen (secondary N) is 3. The molecule has 0 aromatic carbocycles. The summed E-state index contributed by atoms with van der Waals surface area (Å²) in [7, 11) is -3.68. The second kappa shape index (κ2) is 4.46. The lowest BCUT2D eigenvalue weighted by molar-refractivity contribution is -0.122. The second-order valence-corrected chi connectivity index (χ2v) is 5.77. The van der Waals surface area contributed by atoms with Gasteiger partial charge in [-0.3, -0.25) is 9.89 Å². The predicted octanol–water partition coefficient (Wildman–Crippen LogP) is -0.645. The molecule has 1 aliphatic carbocycles. The summed E-state index contributed by atoms with van der Waals surface area (Å²) in [6.45, 7) is 1.51. The number of aromatic nitrogens is 2. The lowest BCUT2D eigenvalue weighted by Gasteiger charge is -2.13. The number of hydrogen-bond donors (Lipinski definition) is 3. The molecule has 0 bridgehead atoms. The van der Waals surface area contributed by atoms with Crippen molar-refractivity contribution in [3.05, 3.63) is 12.4 Å². The zero-order valence-corrected chi connectivity index (χ0v) is 10.1. The van der Waals surface area contributed by atoms with Gasteiger partial charge in [-0.15, -0.1) is 0 Å². The number of amides is 1. The Morgan fingerprint density at radius 3 is 2.82 bits per heavy atom. The SMILES string of the molecule is CC(NS(=O)(=O)c1cn[nH]c1)C(=O)NC1CC1. The first-order valence-electron chi connectivity index (χ1n) is 5.30. The second-order valence-electron chi connectivity index (χ2n) is 4.06. The van der Waals surface area contributed by atoms with Crippen LogP contribution >= 0.6 is 0 Å². The Bertz CT molecular complexity index is 492. The van der Waals surface area contributed by atoms with Crippen molar-refractivity contribution in [1.29, 1.82) is 0 Å². The molecule has 17 heavy (non-hydrogen) atoms. The van der Waals surface area contributed by atoms with Crippen molar-refractivity contribution in [2.45, 2.75) is 36.7 Å². The monoisotopic (exact) mass is 258 g/mol. The zero-order chi connectivity index (χ0) is 12.5. The van der Waals surface area contributed by atoms with E-state index in [4.69, 9.17) is 0 Å². The highest BCUT2D eigenvalue weighted by Crippen LogP contribution is 2.18. The summed E-state index contributed by atoms with van der Waals surface area (Å²) in [5, 5.41) is 8.70. The third-order valence-corrected chi connectivity index (χ3v) is 3.94. The maximum absolute atomic E-state index is 11.8. The number of rotatable bonds is 5. The van der Waals surface area contributed by atoms with Gasteiger partial charge in [-0.2, -0.15) is 9.82 Å². The van der Waals surface area contributed by atoms with Gasteiger partial charge in [-0.25, -0.2) is 8.42 Å². The van der Waals surface area contributed by atoms with E-state index in [0.29, 0.717) is 0 Å². The van der Waals surface area contributed by atoms with Gasteiger partial charge in [0.05, 0.1) is 12.2 Å². The molecule has 3 N–H and O–H groups in total. The molecular formula is C9H14N4O3S. The molecule has 1 aromatic heterocycles. The fourth-order valence-electron chi connectivity index (χ4n) is 1.29. The Morgan fingerprint density at radius 1 is 1.59 bits per heavy atom. The molecule has 1 heterocycles. The van der Waals surface area contributed by atoms with E-state index in [-0.39, 0.29) is 16.8 Å². The lowest BCUT2D eigenvalue weighted by Crippen LogP contribution is -2.45. The lowest BCUT2D eigenvalue weighted by atomic mass is 10.3. The molecule has 0 spiro atoms. The van der Waals surface area contributed by atoms with E-state index < -0.39 is 16.1 Å². The molecule has 7 nitrogen and oxygen atoms in total. The Labute approximate surface area is 99.0 Å². The molecule has 0 saturated heterocycles. The van der Waals surface area contributed by atoms with Crippen LogP contribution in [0.2, 0.25) is 0 Å². The normalized spacial score (nSPS) is 17.7. The smallest absolute Gasteiger partial charge is 0.244 e. The van der Waals surface area contributed by atoms with Crippen LogP contribution in [0.1, 0.15) is 19.8 Å². The first-order valence-corrected chi connectivity index (χ1v) is 6.79. The van der Waals surface area contributed by atoms with Gasteiger partial charge in [0.25, 0.3) is 0 Å². The van der Waals surface area contributed by atoms with Crippen LogP contribution < -0.4 is 10.0 Å². The fourth-order valence-corrected chi connectivity index (χ4v) is 2.40. The van der Waals surface area contributed by atoms with Crippen molar-refractivity contribution in [2.24, 2.45) is 0 Å². The van der Waals surface area contributed by atoms with Crippen LogP contribution in [0.3, 0.4) is 0 Å². The summed E-state index contributed by atoms with van der Waals surface area (Å²) in [4.78, 5) is 11.6. The van der Waals surface area contributed by atoms with Crippen LogP contribution in [0.5, 0.6) is 0 Å². The summed E-state index contributed by atoms with van der Waals surface area (Å²) in [6, 6.07) is -0.584. The molecule has 94 valence electrons. The standard InChI is InChI=1S/C9H14N4O3S/c1-6(9(14)12-7-2-3-7)13-17(15,16)8-4-10-11-5-8/h4-7,13H,2-3H2,1H3,(H,10,11)(H,12,14). The quantitative estimate of drug-likeness (QED) is 0.653. The maximum Gasteiger partial charge on any atom is 0.244 e. The van der Waals surface area contributed by atoms with Crippen molar-refractivity contribution >= 4 is 15.9 Å². The van der Waals surface area contributed by atoms with Gasteiger partial charge < -0.3 is 5.32 Å². The molecule has 1 aromatic rings. The van der Waals surface area contributed by atoms with Crippen LogP contribution in [0.25, 0.3) is 0 Å². The summed E-state index contributed by atoms with van der Waals surface area (Å²) in [5.41, 5.74) is 0. The summed E-state index contributed by atoms with van der Waals surface area (Å²) in [5.74, 6) is -0.306. The van der Waals surface area contributed by atoms with Crippen molar-refractivity contribution in [3.8, 4) is 0 Å². The maximum atomic E-state index is 11.8. The molecule has 2 rings (SSSR count). The minimum atomic E-state index is -3.68. The van der Waals surface area contributed by atoms with Crippen LogP contribution in [-0.4, -0.2) is 36.6 Å². The van der Waals surface area contributed by atoms with E-state index in [1.165, 1.54) is 19.3 Å². The van der Waals surface area contributed by atoms with Gasteiger partial charge in [0.1, 0.15) is 4.90 Å². The largest absolute Gasteiger partial charge is 0.352 e. The third-order valence-electron chi connectivity index (χ3n) is 2.43. The summed E-state index contributed by atoms with van der Waals surface area (Å²) >= 11 is 0. The molecule has 1 saturated carbocycles. The average molecular weight is 258 g/mol. The van der Waals surface area contributed by atoms with Crippen LogP contribution in [0.15, 0.2) is 17.3 Å². The topological polar surface area (TPSA) is 104 Å². The van der Waals surface area contributed by atoms with Crippen LogP contribution in [0.4, 0.5) is 0 Å². The molecule has 0 aliphatic heterocycles. The molecule has 1 fully saturated rings. The number of carbonyl (C=O) groups excluding carboxylic acids is 1. The van der Waals surface area contributed by atoms with E-state index >= 15 is 0 Å². The van der Waals surface area contributed by atoms with E-state index in [2.05, 4.69) is 20.2 Å². The van der Waals surface area contributed by atoms with Gasteiger partial charge in [-0.1, -0.05) is 0 Å². The molecular weight excluding hydrogens is 244 g/mol. The van der Waals surface area contributed by atoms with Gasteiger partial charge in [0.2, 0.25) is 15.9 Å². The van der Waals surface area contributed by atoms with Crippen molar-refractivity contribution < 1.29 is 13.2 Å². The zero-order valence-electron chi connectivity index (χ0n) is 9.30. The molecule has 8 heteroatoms. The Balaban J connectivity index is 1.97.